The van der Waals surface area contributed by atoms with Crippen LogP contribution in [-0.2, 0) is 0 Å². The molecule has 2 nitrogen and oxygen atoms in total. The molecule has 1 aliphatic carbocycles. The van der Waals surface area contributed by atoms with Crippen LogP contribution in [0.1, 0.15) is 39.0 Å². The first-order valence-electron chi connectivity index (χ1n) is 6.59. The molecule has 0 bridgehead atoms. The van der Waals surface area contributed by atoms with Crippen LogP contribution in [0.3, 0.4) is 0 Å². The van der Waals surface area contributed by atoms with Crippen LogP contribution >= 0.6 is 0 Å². The van der Waals surface area contributed by atoms with Gasteiger partial charge in [0.15, 0.2) is 11.6 Å². The summed E-state index contributed by atoms with van der Waals surface area (Å²) in [5.41, 5.74) is 6.11. The number of benzene rings is 1. The number of nitrogen functional groups attached to an aromatic ring is 1. The second-order valence-electron chi connectivity index (χ2n) is 5.19. The first-order valence-corrected chi connectivity index (χ1v) is 6.59. The molecule has 1 aromatic rings. The van der Waals surface area contributed by atoms with Gasteiger partial charge in [0, 0.05) is 6.04 Å². The smallest absolute Gasteiger partial charge is 0.183 e. The van der Waals surface area contributed by atoms with E-state index in [1.807, 2.05) is 0 Å². The van der Waals surface area contributed by atoms with Crippen molar-refractivity contribution in [3.8, 4) is 0 Å². The average molecular weight is 254 g/mol. The van der Waals surface area contributed by atoms with Gasteiger partial charge in [-0.15, -0.1) is 0 Å². The quantitative estimate of drug-likeness (QED) is 0.620. The minimum atomic E-state index is -0.869. The number of anilines is 2. The first-order chi connectivity index (χ1) is 8.59. The molecule has 2 atom stereocenters. The summed E-state index contributed by atoms with van der Waals surface area (Å²) in [6.45, 7) is 2.15. The van der Waals surface area contributed by atoms with E-state index in [1.165, 1.54) is 18.9 Å². The van der Waals surface area contributed by atoms with Gasteiger partial charge in [-0.2, -0.15) is 0 Å². The highest BCUT2D eigenvalue weighted by Crippen LogP contribution is 2.30. The molecule has 0 heterocycles. The third kappa shape index (κ3) is 2.74. The van der Waals surface area contributed by atoms with Gasteiger partial charge in [-0.1, -0.05) is 26.2 Å². The lowest BCUT2D eigenvalue weighted by atomic mass is 9.96. The Hall–Kier alpha value is -1.32. The first kappa shape index (κ1) is 13.1. The summed E-state index contributed by atoms with van der Waals surface area (Å²) in [4.78, 5) is 0. The van der Waals surface area contributed by atoms with E-state index in [-0.39, 0.29) is 17.4 Å². The third-order valence-corrected chi connectivity index (χ3v) is 3.82. The number of hydrogen-bond donors (Lipinski definition) is 2. The molecule has 0 radical (unpaired) electrons. The highest BCUT2D eigenvalue weighted by atomic mass is 19.2. The topological polar surface area (TPSA) is 38.0 Å². The van der Waals surface area contributed by atoms with Gasteiger partial charge in [-0.05, 0) is 30.9 Å². The summed E-state index contributed by atoms with van der Waals surface area (Å²) in [7, 11) is 0. The minimum Gasteiger partial charge on any atom is -0.397 e. The zero-order valence-electron chi connectivity index (χ0n) is 10.7. The SMILES string of the molecule is CC1CCCCCC1Nc1c(N)ccc(F)c1F. The van der Waals surface area contributed by atoms with E-state index in [1.54, 1.807) is 0 Å². The molecule has 1 aliphatic rings. The lowest BCUT2D eigenvalue weighted by molar-refractivity contribution is 0.451. The van der Waals surface area contributed by atoms with E-state index >= 15 is 0 Å². The number of rotatable bonds is 2. The van der Waals surface area contributed by atoms with E-state index in [9.17, 15) is 8.78 Å². The maximum atomic E-state index is 13.7. The molecule has 0 aliphatic heterocycles. The molecule has 2 rings (SSSR count). The lowest BCUT2D eigenvalue weighted by Crippen LogP contribution is -2.27. The monoisotopic (exact) mass is 254 g/mol. The van der Waals surface area contributed by atoms with Crippen LogP contribution in [0.4, 0.5) is 20.2 Å². The zero-order chi connectivity index (χ0) is 13.1. The Bertz CT molecular complexity index is 421. The molecule has 1 aromatic carbocycles. The van der Waals surface area contributed by atoms with Gasteiger partial charge in [-0.25, -0.2) is 8.78 Å². The molecule has 1 saturated carbocycles. The summed E-state index contributed by atoms with van der Waals surface area (Å²) >= 11 is 0. The molecular weight excluding hydrogens is 234 g/mol. The van der Waals surface area contributed by atoms with Crippen LogP contribution in [0.5, 0.6) is 0 Å². The van der Waals surface area contributed by atoms with Crippen LogP contribution < -0.4 is 11.1 Å². The largest absolute Gasteiger partial charge is 0.397 e. The summed E-state index contributed by atoms with van der Waals surface area (Å²) in [5.74, 6) is -1.27. The van der Waals surface area contributed by atoms with Gasteiger partial charge in [0.05, 0.1) is 11.4 Å². The molecule has 100 valence electrons. The fourth-order valence-corrected chi connectivity index (χ4v) is 2.61. The molecule has 0 saturated heterocycles. The highest BCUT2D eigenvalue weighted by molar-refractivity contribution is 5.67. The summed E-state index contributed by atoms with van der Waals surface area (Å²) in [6, 6.07) is 2.64. The van der Waals surface area contributed by atoms with E-state index < -0.39 is 11.6 Å². The van der Waals surface area contributed by atoms with Crippen LogP contribution in [0.15, 0.2) is 12.1 Å². The van der Waals surface area contributed by atoms with Gasteiger partial charge < -0.3 is 11.1 Å². The fraction of sp³-hybridized carbons (Fsp3) is 0.571. The number of hydrogen-bond acceptors (Lipinski definition) is 2. The Morgan fingerprint density at radius 2 is 1.89 bits per heavy atom. The van der Waals surface area contributed by atoms with Gasteiger partial charge in [0.2, 0.25) is 0 Å². The van der Waals surface area contributed by atoms with Crippen molar-refractivity contribution in [2.45, 2.75) is 45.1 Å². The van der Waals surface area contributed by atoms with Crippen molar-refractivity contribution in [1.29, 1.82) is 0 Å². The average Bonchev–Trinajstić information content (AvgIpc) is 2.55. The van der Waals surface area contributed by atoms with Crippen molar-refractivity contribution in [2.75, 3.05) is 11.1 Å². The van der Waals surface area contributed by atoms with Crippen molar-refractivity contribution in [3.63, 3.8) is 0 Å². The number of nitrogens with two attached hydrogens (primary N) is 1. The van der Waals surface area contributed by atoms with Crippen molar-refractivity contribution < 1.29 is 8.78 Å². The highest BCUT2D eigenvalue weighted by Gasteiger charge is 2.22. The van der Waals surface area contributed by atoms with Crippen LogP contribution in [0, 0.1) is 17.6 Å². The summed E-state index contributed by atoms with van der Waals surface area (Å²) < 4.78 is 26.9. The Kier molecular flexibility index (Phi) is 4.04. The molecule has 0 aromatic heterocycles. The molecule has 3 N–H and O–H groups in total. The predicted octanol–water partition coefficient (Wildman–Crippen LogP) is 3.93. The molecule has 0 amide bonds. The molecule has 1 fully saturated rings. The molecule has 18 heavy (non-hydrogen) atoms. The second kappa shape index (κ2) is 5.55. The van der Waals surface area contributed by atoms with Gasteiger partial charge >= 0.3 is 0 Å². The van der Waals surface area contributed by atoms with Crippen molar-refractivity contribution in [2.24, 2.45) is 5.92 Å². The van der Waals surface area contributed by atoms with E-state index in [0.717, 1.165) is 25.3 Å². The fourth-order valence-electron chi connectivity index (χ4n) is 2.61. The molecule has 4 heteroatoms. The zero-order valence-corrected chi connectivity index (χ0v) is 10.7. The molecule has 2 unspecified atom stereocenters. The van der Waals surface area contributed by atoms with E-state index in [2.05, 4.69) is 12.2 Å². The third-order valence-electron chi connectivity index (χ3n) is 3.82. The van der Waals surface area contributed by atoms with E-state index in [0.29, 0.717) is 5.92 Å². The summed E-state index contributed by atoms with van der Waals surface area (Å²) in [5, 5.41) is 3.11. The molecule has 0 spiro atoms. The Morgan fingerprint density at radius 3 is 2.67 bits per heavy atom. The lowest BCUT2D eigenvalue weighted by Gasteiger charge is -2.25. The Balaban J connectivity index is 2.19. The van der Waals surface area contributed by atoms with Gasteiger partial charge in [0.25, 0.3) is 0 Å². The standard InChI is InChI=1S/C14H20F2N2/c1-9-5-3-2-4-6-12(9)18-14-11(17)8-7-10(15)13(14)16/h7-9,12,18H,2-6,17H2,1H3. The van der Waals surface area contributed by atoms with Crippen LogP contribution in [0.2, 0.25) is 0 Å². The number of halogens is 2. The minimum absolute atomic E-state index is 0.119. The maximum Gasteiger partial charge on any atom is 0.183 e. The van der Waals surface area contributed by atoms with Crippen molar-refractivity contribution in [1.82, 2.24) is 0 Å². The Morgan fingerprint density at radius 1 is 1.17 bits per heavy atom. The van der Waals surface area contributed by atoms with Crippen LogP contribution in [-0.4, -0.2) is 6.04 Å². The van der Waals surface area contributed by atoms with E-state index in [4.69, 9.17) is 5.73 Å². The summed E-state index contributed by atoms with van der Waals surface area (Å²) in [6.07, 6.45) is 5.65. The normalized spacial score (nSPS) is 24.6. The Labute approximate surface area is 107 Å². The second-order valence-corrected chi connectivity index (χ2v) is 5.19. The predicted molar refractivity (Wildman–Crippen MR) is 70.4 cm³/mol. The van der Waals surface area contributed by atoms with Gasteiger partial charge in [0.1, 0.15) is 0 Å². The number of nitrogens with one attached hydrogen (secondary N) is 1. The van der Waals surface area contributed by atoms with Crippen molar-refractivity contribution in [3.05, 3.63) is 23.8 Å². The van der Waals surface area contributed by atoms with Crippen molar-refractivity contribution >= 4 is 11.4 Å². The van der Waals surface area contributed by atoms with Crippen LogP contribution in [0.25, 0.3) is 0 Å². The maximum absolute atomic E-state index is 13.7. The molecular formula is C14H20F2N2. The van der Waals surface area contributed by atoms with Gasteiger partial charge in [-0.3, -0.25) is 0 Å².